The van der Waals surface area contributed by atoms with E-state index in [4.69, 9.17) is 14.4 Å². The van der Waals surface area contributed by atoms with E-state index in [0.29, 0.717) is 17.0 Å². The summed E-state index contributed by atoms with van der Waals surface area (Å²) in [4.78, 5) is 10.6. The Hall–Kier alpha value is -12.0. The molecule has 0 N–H and O–H groups in total. The van der Waals surface area contributed by atoms with Gasteiger partial charge in [0.2, 0.25) is 5.78 Å². The molecule has 6 aromatic heterocycles. The minimum atomic E-state index is -0.108. The molecule has 0 aliphatic carbocycles. The molecule has 0 bridgehead atoms. The summed E-state index contributed by atoms with van der Waals surface area (Å²) in [6, 6.07) is 115. The van der Waals surface area contributed by atoms with Gasteiger partial charge in [0.1, 0.15) is 11.4 Å². The van der Waals surface area contributed by atoms with Gasteiger partial charge in [0.25, 0.3) is 6.33 Å². The van der Waals surface area contributed by atoms with Gasteiger partial charge in [-0.05, 0) is 178 Å². The maximum Gasteiger partial charge on any atom is 0.268 e. The molecule has 0 saturated heterocycles. The molecule has 98 heavy (non-hydrogen) atoms. The summed E-state index contributed by atoms with van der Waals surface area (Å²) in [6.45, 7) is 6.74. The third kappa shape index (κ3) is 9.57. The smallest absolute Gasteiger partial charge is 0.268 e. The van der Waals surface area contributed by atoms with Gasteiger partial charge >= 0.3 is 0 Å². The summed E-state index contributed by atoms with van der Waals surface area (Å²) in [6.07, 6.45) is 6.03. The first kappa shape index (κ1) is 58.6. The van der Waals surface area contributed by atoms with Crippen LogP contribution >= 0.6 is 0 Å². The fourth-order valence-corrected chi connectivity index (χ4v) is 14.6. The molecule has 0 spiro atoms. The maximum absolute atomic E-state index is 7.16. The molecule has 0 radical (unpaired) electrons. The standard InChI is InChI=1S/C89H59N7O.Pt/c1-89(2,3)67-43-44-90-85(51-67)94-76-38-19-16-33-71(76)73-54-81-82(55-80(73)94)96(88-91-75-37-18-20-39-77(75)95(81)88)83-53-68(52-74-72-34-17-23-42-84(72)97-87(74)83)92-56-93(79-41-22-21-40-78(79)92)86-69(65-47-61(57-25-8-4-9-26-57)45-62(48-65)58-27-10-5-11-28-58)35-24-36-70(86)66-49-63(59-29-12-6-13-30-59)46-64(50-66)60-31-14-7-15-32-60;/h4-52,54H,1-3H3;/q-2;. The van der Waals surface area contributed by atoms with Gasteiger partial charge in [-0.15, -0.1) is 24.3 Å². The van der Waals surface area contributed by atoms with Crippen LogP contribution in [0.2, 0.25) is 0 Å². The molecular weight excluding hydrogens is 1380 g/mol. The quantitative estimate of drug-likeness (QED) is 0.101. The summed E-state index contributed by atoms with van der Waals surface area (Å²) in [5.74, 6) is 1.53. The average molecular weight is 1440 g/mol. The van der Waals surface area contributed by atoms with Gasteiger partial charge in [0, 0.05) is 43.7 Å². The van der Waals surface area contributed by atoms with Crippen molar-refractivity contribution in [2.24, 2.45) is 0 Å². The normalized spacial score (nSPS) is 11.9. The molecule has 0 atom stereocenters. The zero-order chi connectivity index (χ0) is 64.5. The van der Waals surface area contributed by atoms with Crippen LogP contribution in [0, 0.1) is 18.5 Å². The summed E-state index contributed by atoms with van der Waals surface area (Å²) in [5, 5.41) is 4.05. The van der Waals surface area contributed by atoms with Crippen molar-refractivity contribution >= 4 is 82.6 Å². The number of imidazole rings is 3. The van der Waals surface area contributed by atoms with Crippen LogP contribution in [0.15, 0.2) is 308 Å². The monoisotopic (exact) mass is 1440 g/mol. The molecule has 0 unspecified atom stereocenters. The second-order valence-electron chi connectivity index (χ2n) is 26.2. The van der Waals surface area contributed by atoms with E-state index in [-0.39, 0.29) is 26.5 Å². The third-order valence-electron chi connectivity index (χ3n) is 19.3. The van der Waals surface area contributed by atoms with Gasteiger partial charge in [-0.3, -0.25) is 4.57 Å². The Morgan fingerprint density at radius 3 is 1.55 bits per heavy atom. The van der Waals surface area contributed by atoms with E-state index in [1.54, 1.807) is 0 Å². The van der Waals surface area contributed by atoms with Crippen molar-refractivity contribution < 1.29 is 30.0 Å². The van der Waals surface area contributed by atoms with Gasteiger partial charge in [-0.1, -0.05) is 249 Å². The van der Waals surface area contributed by atoms with Crippen LogP contribution in [0.4, 0.5) is 0 Å². The molecule has 0 saturated carbocycles. The summed E-state index contributed by atoms with van der Waals surface area (Å²) >= 11 is 0. The van der Waals surface area contributed by atoms with Crippen LogP contribution in [-0.4, -0.2) is 28.1 Å². The topological polar surface area (TPSA) is 62.0 Å². The molecule has 19 rings (SSSR count). The van der Waals surface area contributed by atoms with E-state index >= 15 is 0 Å². The van der Waals surface area contributed by atoms with Crippen molar-refractivity contribution in [3.63, 3.8) is 0 Å². The number of benzene rings is 13. The van der Waals surface area contributed by atoms with Crippen LogP contribution in [0.1, 0.15) is 26.3 Å². The van der Waals surface area contributed by atoms with Crippen molar-refractivity contribution in [3.8, 4) is 89.6 Å². The minimum absolute atomic E-state index is 0. The fourth-order valence-electron chi connectivity index (χ4n) is 14.6. The first-order valence-electron chi connectivity index (χ1n) is 33.0. The van der Waals surface area contributed by atoms with E-state index in [2.05, 4.69) is 347 Å². The molecule has 13 aromatic carbocycles. The van der Waals surface area contributed by atoms with E-state index in [1.165, 1.54) is 5.56 Å². The Bertz CT molecular complexity index is 6090. The van der Waals surface area contributed by atoms with E-state index in [0.717, 1.165) is 155 Å². The summed E-state index contributed by atoms with van der Waals surface area (Å²) in [7, 11) is 0. The number of hydrogen-bond acceptors (Lipinski definition) is 3. The Morgan fingerprint density at radius 1 is 0.408 bits per heavy atom. The number of aromatic nitrogens is 7. The van der Waals surface area contributed by atoms with Gasteiger partial charge in [-0.25, -0.2) is 9.97 Å². The number of furan rings is 1. The predicted molar refractivity (Wildman–Crippen MR) is 395 cm³/mol. The van der Waals surface area contributed by atoms with E-state index in [1.807, 2.05) is 18.3 Å². The summed E-state index contributed by atoms with van der Waals surface area (Å²) < 4.78 is 18.4. The van der Waals surface area contributed by atoms with Crippen molar-refractivity contribution in [2.75, 3.05) is 0 Å². The number of para-hydroxylation sites is 7. The van der Waals surface area contributed by atoms with Crippen molar-refractivity contribution in [2.45, 2.75) is 26.2 Å². The fraction of sp³-hybridized carbons (Fsp3) is 0.0449. The van der Waals surface area contributed by atoms with Crippen LogP contribution in [-0.2, 0) is 26.5 Å². The molecule has 8 nitrogen and oxygen atoms in total. The molecule has 0 aliphatic heterocycles. The Balaban J connectivity index is 0.00000696. The molecular formula is C89H59N7OPt-2. The molecule has 9 heteroatoms. The molecule has 6 heterocycles. The second-order valence-corrected chi connectivity index (χ2v) is 26.2. The Labute approximate surface area is 580 Å². The number of hydrogen-bond donors (Lipinski definition) is 0. The van der Waals surface area contributed by atoms with Crippen LogP contribution in [0.5, 0.6) is 0 Å². The molecule has 0 fully saturated rings. The average Bonchev–Trinajstić information content (AvgIpc) is 1.54. The molecule has 0 amide bonds. The molecule has 0 aliphatic rings. The van der Waals surface area contributed by atoms with Crippen LogP contribution < -0.4 is 4.57 Å². The second kappa shape index (κ2) is 23.2. The molecule has 468 valence electrons. The van der Waals surface area contributed by atoms with Crippen LogP contribution in [0.3, 0.4) is 0 Å². The first-order chi connectivity index (χ1) is 47.7. The first-order valence-corrected chi connectivity index (χ1v) is 33.0. The van der Waals surface area contributed by atoms with Crippen molar-refractivity contribution in [1.82, 2.24) is 28.1 Å². The maximum atomic E-state index is 7.16. The zero-order valence-electron chi connectivity index (χ0n) is 53.7. The number of fused-ring (bicyclic) bond motifs is 12. The SMILES string of the molecule is CC(C)(C)c1ccnc(-n2c3[c-]c4c(cc3c3ccccc32)n2c3ccccc3nc2n4-c2[c-]c(-n3[c-][n+](-c4c(-c5cc(-c6ccccc6)cc(-c6ccccc6)c5)cccc4-c4cc(-c5ccccc5)cc(-c5ccccc5)c4)c4ccccc43)cc3c2oc2ccccc23)c1.[Pt]. The van der Waals surface area contributed by atoms with Gasteiger partial charge in [0.05, 0.1) is 27.8 Å². The van der Waals surface area contributed by atoms with E-state index < -0.39 is 0 Å². The zero-order valence-corrected chi connectivity index (χ0v) is 56.0. The van der Waals surface area contributed by atoms with Gasteiger partial charge in [0.15, 0.2) is 0 Å². The predicted octanol–water partition coefficient (Wildman–Crippen LogP) is 21.7. The third-order valence-corrected chi connectivity index (χ3v) is 19.3. The number of nitrogens with zero attached hydrogens (tertiary/aromatic N) is 7. The van der Waals surface area contributed by atoms with Gasteiger partial charge < -0.3 is 22.5 Å². The number of rotatable bonds is 10. The van der Waals surface area contributed by atoms with E-state index in [9.17, 15) is 0 Å². The minimum Gasteiger partial charge on any atom is -0.514 e. The van der Waals surface area contributed by atoms with Crippen molar-refractivity contribution in [3.05, 3.63) is 327 Å². The van der Waals surface area contributed by atoms with Crippen LogP contribution in [0.25, 0.3) is 172 Å². The van der Waals surface area contributed by atoms with Gasteiger partial charge in [-0.2, -0.15) is 0 Å². The summed E-state index contributed by atoms with van der Waals surface area (Å²) in [5.41, 5.74) is 25.6. The Morgan fingerprint density at radius 2 is 0.939 bits per heavy atom. The Kier molecular flexibility index (Phi) is 13.8. The molecule has 19 aromatic rings. The number of pyridine rings is 1. The van der Waals surface area contributed by atoms with Crippen molar-refractivity contribution in [1.29, 1.82) is 0 Å². The largest absolute Gasteiger partial charge is 0.514 e.